The van der Waals surface area contributed by atoms with Gasteiger partial charge in [-0.05, 0) is 38.3 Å². The first-order valence-electron chi connectivity index (χ1n) is 8.48. The van der Waals surface area contributed by atoms with Crippen LogP contribution in [0, 0.1) is 0 Å². The Morgan fingerprint density at radius 1 is 1.24 bits per heavy atom. The normalized spacial score (nSPS) is 18.5. The van der Waals surface area contributed by atoms with E-state index in [4.69, 9.17) is 0 Å². The van der Waals surface area contributed by atoms with E-state index in [9.17, 15) is 18.0 Å². The number of ether oxygens (including phenoxy) is 1. The highest BCUT2D eigenvalue weighted by atomic mass is 32.2. The van der Waals surface area contributed by atoms with E-state index < -0.39 is 21.9 Å². The summed E-state index contributed by atoms with van der Waals surface area (Å²) in [7, 11) is -3.56. The van der Waals surface area contributed by atoms with E-state index >= 15 is 0 Å². The van der Waals surface area contributed by atoms with Crippen molar-refractivity contribution in [1.29, 1.82) is 0 Å². The van der Waals surface area contributed by atoms with Crippen LogP contribution in [0.25, 0.3) is 0 Å². The lowest BCUT2D eigenvalue weighted by Crippen LogP contribution is -2.45. The third-order valence-electron chi connectivity index (χ3n) is 4.15. The number of hydrogen-bond acceptors (Lipinski definition) is 5. The predicted octanol–water partition coefficient (Wildman–Crippen LogP) is 1.30. The molecule has 2 rings (SSSR count). The Balaban J connectivity index is 1.99. The average molecular weight is 368 g/mol. The van der Waals surface area contributed by atoms with Gasteiger partial charge in [0, 0.05) is 19.1 Å². The first kappa shape index (κ1) is 19.4. The quantitative estimate of drug-likeness (QED) is 0.603. The van der Waals surface area contributed by atoms with Gasteiger partial charge in [-0.2, -0.15) is 4.31 Å². The van der Waals surface area contributed by atoms with Gasteiger partial charge in [0.1, 0.15) is 0 Å². The van der Waals surface area contributed by atoms with Crippen LogP contribution in [0.1, 0.15) is 32.6 Å². The molecule has 0 spiro atoms. The summed E-state index contributed by atoms with van der Waals surface area (Å²) < 4.78 is 31.8. The molecule has 0 bridgehead atoms. The predicted molar refractivity (Wildman–Crippen MR) is 92.2 cm³/mol. The van der Waals surface area contributed by atoms with Crippen molar-refractivity contribution in [2.24, 2.45) is 0 Å². The molecule has 25 heavy (non-hydrogen) atoms. The van der Waals surface area contributed by atoms with Gasteiger partial charge >= 0.3 is 11.9 Å². The number of carbonyl (C=O) groups is 2. The second-order valence-corrected chi connectivity index (χ2v) is 7.73. The Kier molecular flexibility index (Phi) is 6.95. The standard InChI is InChI=1S/C17H24N2O5S/c1-2-24-17(21)16(20)18-12-11-14-8-6-7-13-19(14)25(22,23)15-9-4-3-5-10-15/h3-5,9-10,14H,2,6-8,11-13H2,1H3,(H,18,20)/t14-/m0/s1. The van der Waals surface area contributed by atoms with E-state index in [1.807, 2.05) is 0 Å². The van der Waals surface area contributed by atoms with Crippen molar-refractivity contribution >= 4 is 21.9 Å². The summed E-state index contributed by atoms with van der Waals surface area (Å²) in [5.41, 5.74) is 0. The van der Waals surface area contributed by atoms with Crippen LogP contribution < -0.4 is 5.32 Å². The van der Waals surface area contributed by atoms with Crippen LogP contribution in [-0.4, -0.2) is 50.3 Å². The maximum absolute atomic E-state index is 12.9. The zero-order valence-corrected chi connectivity index (χ0v) is 15.1. The van der Waals surface area contributed by atoms with Gasteiger partial charge in [-0.15, -0.1) is 0 Å². The van der Waals surface area contributed by atoms with Gasteiger partial charge < -0.3 is 10.1 Å². The fourth-order valence-electron chi connectivity index (χ4n) is 2.93. The van der Waals surface area contributed by atoms with Crippen LogP contribution in [0.15, 0.2) is 35.2 Å². The third kappa shape index (κ3) is 5.02. The van der Waals surface area contributed by atoms with E-state index in [2.05, 4.69) is 10.1 Å². The molecule has 1 heterocycles. The lowest BCUT2D eigenvalue weighted by molar-refractivity contribution is -0.154. The van der Waals surface area contributed by atoms with Crippen molar-refractivity contribution in [3.8, 4) is 0 Å². The number of carbonyl (C=O) groups excluding carboxylic acids is 2. The zero-order valence-electron chi connectivity index (χ0n) is 14.3. The van der Waals surface area contributed by atoms with Crippen molar-refractivity contribution < 1.29 is 22.7 Å². The van der Waals surface area contributed by atoms with Crippen LogP contribution in [-0.2, 0) is 24.3 Å². The molecule has 1 atom stereocenters. The number of nitrogens with zero attached hydrogens (tertiary/aromatic N) is 1. The topological polar surface area (TPSA) is 92.8 Å². The SMILES string of the molecule is CCOC(=O)C(=O)NCC[C@@H]1CCCCN1S(=O)(=O)c1ccccc1. The van der Waals surface area contributed by atoms with E-state index in [0.717, 1.165) is 19.3 Å². The van der Waals surface area contributed by atoms with E-state index in [-0.39, 0.29) is 24.1 Å². The minimum absolute atomic E-state index is 0.137. The molecule has 7 nitrogen and oxygen atoms in total. The molecule has 0 radical (unpaired) electrons. The van der Waals surface area contributed by atoms with Gasteiger partial charge in [0.05, 0.1) is 11.5 Å². The number of benzene rings is 1. The third-order valence-corrected chi connectivity index (χ3v) is 6.11. The summed E-state index contributed by atoms with van der Waals surface area (Å²) in [6, 6.07) is 8.16. The summed E-state index contributed by atoms with van der Waals surface area (Å²) in [5, 5.41) is 2.49. The monoisotopic (exact) mass is 368 g/mol. The highest BCUT2D eigenvalue weighted by molar-refractivity contribution is 7.89. The Bertz CT molecular complexity index is 690. The van der Waals surface area contributed by atoms with E-state index in [1.165, 1.54) is 4.31 Å². The van der Waals surface area contributed by atoms with Crippen molar-refractivity contribution in [1.82, 2.24) is 9.62 Å². The number of esters is 1. The van der Waals surface area contributed by atoms with Crippen molar-refractivity contribution in [2.75, 3.05) is 19.7 Å². The number of nitrogens with one attached hydrogen (secondary N) is 1. The number of hydrogen-bond donors (Lipinski definition) is 1. The number of rotatable bonds is 6. The van der Waals surface area contributed by atoms with E-state index in [1.54, 1.807) is 37.3 Å². The molecule has 1 aliphatic rings. The molecule has 0 saturated carbocycles. The Labute approximate surface area is 148 Å². The van der Waals surface area contributed by atoms with Crippen LogP contribution in [0.3, 0.4) is 0 Å². The minimum atomic E-state index is -3.56. The maximum Gasteiger partial charge on any atom is 0.396 e. The van der Waals surface area contributed by atoms with Crippen molar-refractivity contribution in [3.05, 3.63) is 30.3 Å². The number of amides is 1. The molecule has 0 aliphatic carbocycles. The van der Waals surface area contributed by atoms with Crippen molar-refractivity contribution in [2.45, 2.75) is 43.5 Å². The summed E-state index contributed by atoms with van der Waals surface area (Å²) in [6.07, 6.45) is 2.95. The minimum Gasteiger partial charge on any atom is -0.459 e. The molecule has 1 aromatic rings. The molecule has 1 aliphatic heterocycles. The fraction of sp³-hybridized carbons (Fsp3) is 0.529. The highest BCUT2D eigenvalue weighted by Crippen LogP contribution is 2.26. The van der Waals surface area contributed by atoms with Crippen LogP contribution in [0.5, 0.6) is 0 Å². The first-order chi connectivity index (χ1) is 12.0. The van der Waals surface area contributed by atoms with Gasteiger partial charge in [0.2, 0.25) is 10.0 Å². The van der Waals surface area contributed by atoms with Gasteiger partial charge in [-0.25, -0.2) is 13.2 Å². The maximum atomic E-state index is 12.9. The van der Waals surface area contributed by atoms with Gasteiger partial charge in [0.25, 0.3) is 0 Å². The Morgan fingerprint density at radius 2 is 1.96 bits per heavy atom. The molecule has 138 valence electrons. The Hall–Kier alpha value is -1.93. The van der Waals surface area contributed by atoms with Crippen LogP contribution >= 0.6 is 0 Å². The molecule has 1 N–H and O–H groups in total. The molecule has 1 fully saturated rings. The molecular formula is C17H24N2O5S. The van der Waals surface area contributed by atoms with Gasteiger partial charge in [-0.3, -0.25) is 4.79 Å². The van der Waals surface area contributed by atoms with Crippen molar-refractivity contribution in [3.63, 3.8) is 0 Å². The smallest absolute Gasteiger partial charge is 0.396 e. The molecule has 1 amide bonds. The van der Waals surface area contributed by atoms with Gasteiger partial charge in [0.15, 0.2) is 0 Å². The lowest BCUT2D eigenvalue weighted by Gasteiger charge is -2.34. The summed E-state index contributed by atoms with van der Waals surface area (Å²) in [6.45, 7) is 2.45. The highest BCUT2D eigenvalue weighted by Gasteiger charge is 2.33. The second kappa shape index (κ2) is 8.96. The molecule has 0 aromatic heterocycles. The summed E-state index contributed by atoms with van der Waals surface area (Å²) in [4.78, 5) is 23.1. The molecule has 1 saturated heterocycles. The lowest BCUT2D eigenvalue weighted by atomic mass is 10.0. The zero-order chi connectivity index (χ0) is 18.3. The molecular weight excluding hydrogens is 344 g/mol. The van der Waals surface area contributed by atoms with Crippen LogP contribution in [0.4, 0.5) is 0 Å². The molecule has 8 heteroatoms. The average Bonchev–Trinajstić information content (AvgIpc) is 2.63. The molecule has 1 aromatic carbocycles. The van der Waals surface area contributed by atoms with Gasteiger partial charge in [-0.1, -0.05) is 24.6 Å². The second-order valence-electron chi connectivity index (χ2n) is 5.84. The van der Waals surface area contributed by atoms with E-state index in [0.29, 0.717) is 13.0 Å². The number of piperidine rings is 1. The Morgan fingerprint density at radius 3 is 2.64 bits per heavy atom. The number of sulfonamides is 1. The first-order valence-corrected chi connectivity index (χ1v) is 9.92. The molecule has 0 unspecified atom stereocenters. The van der Waals surface area contributed by atoms with Crippen LogP contribution in [0.2, 0.25) is 0 Å². The fourth-order valence-corrected chi connectivity index (χ4v) is 4.67. The summed E-state index contributed by atoms with van der Waals surface area (Å²) >= 11 is 0. The summed E-state index contributed by atoms with van der Waals surface area (Å²) in [5.74, 6) is -1.71. The largest absolute Gasteiger partial charge is 0.459 e.